The molecule has 0 aliphatic carbocycles. The van der Waals surface area contributed by atoms with Crippen molar-refractivity contribution in [1.82, 2.24) is 9.88 Å². The van der Waals surface area contributed by atoms with E-state index in [1.54, 1.807) is 5.32 Å². The normalized spacial score (nSPS) is 12.8. The number of halogens is 3. The SMILES string of the molecule is Cn1ccc(C(=O)NC(CC(=O)O)C(F)(F)F)cc1=O. The lowest BCUT2D eigenvalue weighted by Gasteiger charge is -2.19. The molecule has 1 unspecified atom stereocenters. The molecule has 1 rings (SSSR count). The van der Waals surface area contributed by atoms with E-state index in [1.165, 1.54) is 13.2 Å². The van der Waals surface area contributed by atoms with Crippen LogP contribution in [0.1, 0.15) is 16.8 Å². The van der Waals surface area contributed by atoms with Gasteiger partial charge in [-0.25, -0.2) is 0 Å². The summed E-state index contributed by atoms with van der Waals surface area (Å²) in [6.45, 7) is 0. The Morgan fingerprint density at radius 1 is 1.45 bits per heavy atom. The minimum Gasteiger partial charge on any atom is -0.481 e. The van der Waals surface area contributed by atoms with Gasteiger partial charge in [-0.1, -0.05) is 0 Å². The van der Waals surface area contributed by atoms with Crippen molar-refractivity contribution in [1.29, 1.82) is 0 Å². The zero-order valence-electron chi connectivity index (χ0n) is 10.3. The number of aryl methyl sites for hydroxylation is 1. The van der Waals surface area contributed by atoms with Gasteiger partial charge in [-0.3, -0.25) is 14.4 Å². The van der Waals surface area contributed by atoms with Gasteiger partial charge >= 0.3 is 12.1 Å². The largest absolute Gasteiger partial charge is 0.481 e. The van der Waals surface area contributed by atoms with Crippen LogP contribution >= 0.6 is 0 Å². The van der Waals surface area contributed by atoms with Crippen LogP contribution in [0.25, 0.3) is 0 Å². The lowest BCUT2D eigenvalue weighted by molar-refractivity contribution is -0.165. The summed E-state index contributed by atoms with van der Waals surface area (Å²) >= 11 is 0. The molecular weight excluding hydrogens is 281 g/mol. The first-order valence-electron chi connectivity index (χ1n) is 5.37. The minimum atomic E-state index is -4.90. The van der Waals surface area contributed by atoms with Crippen molar-refractivity contribution in [3.8, 4) is 0 Å². The van der Waals surface area contributed by atoms with Crippen molar-refractivity contribution in [3.63, 3.8) is 0 Å². The number of nitrogens with zero attached hydrogens (tertiary/aromatic N) is 1. The van der Waals surface area contributed by atoms with E-state index in [0.717, 1.165) is 16.7 Å². The second-order valence-corrected chi connectivity index (χ2v) is 4.03. The van der Waals surface area contributed by atoms with Gasteiger partial charge in [0.2, 0.25) is 0 Å². The van der Waals surface area contributed by atoms with Gasteiger partial charge in [0, 0.05) is 24.9 Å². The van der Waals surface area contributed by atoms with Gasteiger partial charge in [-0.2, -0.15) is 13.2 Å². The fourth-order valence-electron chi connectivity index (χ4n) is 1.35. The zero-order valence-corrected chi connectivity index (χ0v) is 10.3. The van der Waals surface area contributed by atoms with E-state index in [9.17, 15) is 27.6 Å². The van der Waals surface area contributed by atoms with Gasteiger partial charge < -0.3 is 15.0 Å². The van der Waals surface area contributed by atoms with Crippen LogP contribution in [-0.4, -0.2) is 33.8 Å². The molecule has 1 aromatic heterocycles. The van der Waals surface area contributed by atoms with Gasteiger partial charge in [0.15, 0.2) is 0 Å². The highest BCUT2D eigenvalue weighted by atomic mass is 19.4. The van der Waals surface area contributed by atoms with E-state index in [1.807, 2.05) is 0 Å². The molecule has 20 heavy (non-hydrogen) atoms. The maximum atomic E-state index is 12.6. The van der Waals surface area contributed by atoms with Crippen LogP contribution in [0.2, 0.25) is 0 Å². The van der Waals surface area contributed by atoms with Gasteiger partial charge in [-0.05, 0) is 6.07 Å². The molecule has 110 valence electrons. The minimum absolute atomic E-state index is 0.271. The Kier molecular flexibility index (Phi) is 4.53. The number of aliphatic carboxylic acids is 1. The zero-order chi connectivity index (χ0) is 15.5. The van der Waals surface area contributed by atoms with E-state index >= 15 is 0 Å². The Morgan fingerprint density at radius 2 is 2.05 bits per heavy atom. The number of nitrogens with one attached hydrogen (secondary N) is 1. The molecule has 0 saturated heterocycles. The highest BCUT2D eigenvalue weighted by Gasteiger charge is 2.42. The first-order valence-corrected chi connectivity index (χ1v) is 5.37. The summed E-state index contributed by atoms with van der Waals surface area (Å²) in [5.74, 6) is -2.86. The third-order valence-corrected chi connectivity index (χ3v) is 2.45. The van der Waals surface area contributed by atoms with E-state index in [-0.39, 0.29) is 5.56 Å². The molecule has 1 aromatic rings. The van der Waals surface area contributed by atoms with Gasteiger partial charge in [0.1, 0.15) is 6.04 Å². The number of rotatable bonds is 4. The summed E-state index contributed by atoms with van der Waals surface area (Å²) in [5.41, 5.74) is -0.841. The van der Waals surface area contributed by atoms with E-state index in [2.05, 4.69) is 0 Å². The van der Waals surface area contributed by atoms with Crippen molar-refractivity contribution < 1.29 is 27.9 Å². The molecule has 2 N–H and O–H groups in total. The monoisotopic (exact) mass is 292 g/mol. The molecule has 0 spiro atoms. The van der Waals surface area contributed by atoms with Crippen molar-refractivity contribution in [2.24, 2.45) is 7.05 Å². The van der Waals surface area contributed by atoms with Crippen LogP contribution < -0.4 is 10.9 Å². The lowest BCUT2D eigenvalue weighted by atomic mass is 10.1. The average molecular weight is 292 g/mol. The van der Waals surface area contributed by atoms with Crippen molar-refractivity contribution >= 4 is 11.9 Å². The first kappa shape index (κ1) is 15.7. The second kappa shape index (κ2) is 5.76. The van der Waals surface area contributed by atoms with Crippen molar-refractivity contribution in [2.75, 3.05) is 0 Å². The third-order valence-electron chi connectivity index (χ3n) is 2.45. The molecule has 0 fully saturated rings. The standard InChI is InChI=1S/C11H11F3N2O4/c1-16-3-2-6(4-8(16)17)10(20)15-7(5-9(18)19)11(12,13)14/h2-4,7H,5H2,1H3,(H,15,20)(H,18,19). The number of carbonyl (C=O) groups excluding carboxylic acids is 1. The number of carbonyl (C=O) groups is 2. The summed E-state index contributed by atoms with van der Waals surface area (Å²) < 4.78 is 38.8. The summed E-state index contributed by atoms with van der Waals surface area (Å²) in [7, 11) is 1.41. The van der Waals surface area contributed by atoms with Crippen LogP contribution in [-0.2, 0) is 11.8 Å². The maximum Gasteiger partial charge on any atom is 0.409 e. The molecule has 1 atom stereocenters. The number of alkyl halides is 3. The number of aromatic nitrogens is 1. The second-order valence-electron chi connectivity index (χ2n) is 4.03. The number of carboxylic acids is 1. The number of amides is 1. The predicted octanol–water partition coefficient (Wildman–Crippen LogP) is 0.521. The summed E-state index contributed by atoms with van der Waals surface area (Å²) in [6, 6.07) is -0.495. The Labute approximate surface area is 110 Å². The summed E-state index contributed by atoms with van der Waals surface area (Å²) in [4.78, 5) is 33.2. The topological polar surface area (TPSA) is 88.4 Å². The molecule has 6 nitrogen and oxygen atoms in total. The Morgan fingerprint density at radius 3 is 2.50 bits per heavy atom. The van der Waals surface area contributed by atoms with Crippen LogP contribution in [0.15, 0.2) is 23.1 Å². The first-order chi connectivity index (χ1) is 9.11. The van der Waals surface area contributed by atoms with Crippen LogP contribution in [0.5, 0.6) is 0 Å². The van der Waals surface area contributed by atoms with Crippen molar-refractivity contribution in [2.45, 2.75) is 18.6 Å². The summed E-state index contributed by atoms with van der Waals surface area (Å²) in [6.07, 6.45) is -4.97. The quantitative estimate of drug-likeness (QED) is 0.847. The Balaban J connectivity index is 2.93. The van der Waals surface area contributed by atoms with Gasteiger partial charge in [0.25, 0.3) is 11.5 Å². The molecule has 1 amide bonds. The van der Waals surface area contributed by atoms with Gasteiger partial charge in [-0.15, -0.1) is 0 Å². The molecule has 1 heterocycles. The fraction of sp³-hybridized carbons (Fsp3) is 0.364. The molecule has 0 aromatic carbocycles. The molecule has 0 aliphatic rings. The molecule has 0 radical (unpaired) electrons. The third kappa shape index (κ3) is 4.11. The number of hydrogen-bond donors (Lipinski definition) is 2. The number of pyridine rings is 1. The van der Waals surface area contributed by atoms with Crippen LogP contribution in [0, 0.1) is 0 Å². The Hall–Kier alpha value is -2.32. The number of carboxylic acid groups (broad SMARTS) is 1. The molecule has 0 bridgehead atoms. The highest BCUT2D eigenvalue weighted by molar-refractivity contribution is 5.94. The number of hydrogen-bond acceptors (Lipinski definition) is 3. The van der Waals surface area contributed by atoms with E-state index < -0.39 is 36.1 Å². The molecular formula is C11H11F3N2O4. The smallest absolute Gasteiger partial charge is 0.409 e. The van der Waals surface area contributed by atoms with E-state index in [0.29, 0.717) is 0 Å². The van der Waals surface area contributed by atoms with Crippen molar-refractivity contribution in [3.05, 3.63) is 34.2 Å². The molecule has 0 aliphatic heterocycles. The van der Waals surface area contributed by atoms with Crippen LogP contribution in [0.3, 0.4) is 0 Å². The predicted molar refractivity (Wildman–Crippen MR) is 61.2 cm³/mol. The summed E-state index contributed by atoms with van der Waals surface area (Å²) in [5, 5.41) is 9.96. The average Bonchev–Trinajstić information content (AvgIpc) is 2.30. The maximum absolute atomic E-state index is 12.6. The molecule has 0 saturated carbocycles. The fourth-order valence-corrected chi connectivity index (χ4v) is 1.35. The lowest BCUT2D eigenvalue weighted by Crippen LogP contribution is -2.46. The van der Waals surface area contributed by atoms with Gasteiger partial charge in [0.05, 0.1) is 6.42 Å². The van der Waals surface area contributed by atoms with E-state index in [4.69, 9.17) is 5.11 Å². The molecule has 9 heteroatoms. The highest BCUT2D eigenvalue weighted by Crippen LogP contribution is 2.22. The van der Waals surface area contributed by atoms with Crippen LogP contribution in [0.4, 0.5) is 13.2 Å². The Bertz CT molecular complexity index is 580.